The minimum atomic E-state index is -0.660. The number of ether oxygens (including phenoxy) is 1. The van der Waals surface area contributed by atoms with Crippen LogP contribution < -0.4 is 0 Å². The van der Waals surface area contributed by atoms with Crippen molar-refractivity contribution in [1.29, 1.82) is 0 Å². The molecule has 1 saturated carbocycles. The number of rotatable bonds is 7. The van der Waals surface area contributed by atoms with Gasteiger partial charge < -0.3 is 4.74 Å². The third kappa shape index (κ3) is 5.35. The lowest BCUT2D eigenvalue weighted by atomic mass is 9.79. The monoisotopic (exact) mass is 536 g/mol. The van der Waals surface area contributed by atoms with Crippen LogP contribution in [-0.2, 0) is 10.3 Å². The van der Waals surface area contributed by atoms with Gasteiger partial charge >= 0.3 is 0 Å². The number of hydrogen-bond acceptors (Lipinski definition) is 1. The maximum atomic E-state index is 7.38. The first kappa shape index (κ1) is 23.3. The van der Waals surface area contributed by atoms with Gasteiger partial charge in [-0.25, -0.2) is 0 Å². The van der Waals surface area contributed by atoms with Crippen molar-refractivity contribution in [1.82, 2.24) is 0 Å². The van der Waals surface area contributed by atoms with Gasteiger partial charge in [0.25, 0.3) is 0 Å². The van der Waals surface area contributed by atoms with E-state index in [1.165, 1.54) is 61.6 Å². The standard InChI is InChI=1S/C30H33IO/c31-24-23-29(25-15-7-2-1-3-8-16-25)32-30(26-17-9-4-10-18-26,27-19-11-5-12-20-27)28-21-13-6-14-22-28/h4-6,9-14,17-25,29H,1-3,7-8,15-16H2. The summed E-state index contributed by atoms with van der Waals surface area (Å²) in [6.45, 7) is 0. The molecule has 0 radical (unpaired) electrons. The fraction of sp³-hybridized carbons (Fsp3) is 0.333. The summed E-state index contributed by atoms with van der Waals surface area (Å²) in [7, 11) is 0. The van der Waals surface area contributed by atoms with Crippen LogP contribution >= 0.6 is 22.6 Å². The largest absolute Gasteiger partial charge is 0.353 e. The lowest BCUT2D eigenvalue weighted by molar-refractivity contribution is -0.0546. The van der Waals surface area contributed by atoms with E-state index >= 15 is 0 Å². The summed E-state index contributed by atoms with van der Waals surface area (Å²) in [4.78, 5) is 0. The third-order valence-electron chi connectivity index (χ3n) is 6.73. The van der Waals surface area contributed by atoms with Gasteiger partial charge in [0.05, 0.1) is 6.10 Å². The second-order valence-corrected chi connectivity index (χ2v) is 9.50. The lowest BCUT2D eigenvalue weighted by Gasteiger charge is -2.40. The molecule has 0 bridgehead atoms. The van der Waals surface area contributed by atoms with E-state index in [2.05, 4.69) is 124 Å². The Morgan fingerprint density at radius 1 is 0.656 bits per heavy atom. The molecule has 1 atom stereocenters. The molecule has 0 spiro atoms. The Morgan fingerprint density at radius 3 is 1.47 bits per heavy atom. The summed E-state index contributed by atoms with van der Waals surface area (Å²) >= 11 is 2.35. The van der Waals surface area contributed by atoms with Gasteiger partial charge in [-0.15, -0.1) is 0 Å². The lowest BCUT2D eigenvalue weighted by Crippen LogP contribution is -2.39. The highest BCUT2D eigenvalue weighted by molar-refractivity contribution is 14.1. The van der Waals surface area contributed by atoms with E-state index in [0.29, 0.717) is 5.92 Å². The van der Waals surface area contributed by atoms with Crippen molar-refractivity contribution in [3.8, 4) is 0 Å². The van der Waals surface area contributed by atoms with E-state index in [4.69, 9.17) is 4.74 Å². The number of benzene rings is 3. The molecule has 3 aromatic rings. The van der Waals surface area contributed by atoms with Crippen LogP contribution in [0.3, 0.4) is 0 Å². The molecule has 0 aromatic heterocycles. The summed E-state index contributed by atoms with van der Waals surface area (Å²) in [5.74, 6) is 0.539. The molecule has 32 heavy (non-hydrogen) atoms. The molecule has 166 valence electrons. The molecule has 2 heteroatoms. The second kappa shape index (κ2) is 11.8. The predicted molar refractivity (Wildman–Crippen MR) is 143 cm³/mol. The van der Waals surface area contributed by atoms with E-state index in [9.17, 15) is 0 Å². The van der Waals surface area contributed by atoms with Gasteiger partial charge in [-0.3, -0.25) is 0 Å². The van der Waals surface area contributed by atoms with Crippen LogP contribution in [0.5, 0.6) is 0 Å². The summed E-state index contributed by atoms with van der Waals surface area (Å²) in [6, 6.07) is 32.3. The zero-order valence-electron chi connectivity index (χ0n) is 18.7. The van der Waals surface area contributed by atoms with Crippen LogP contribution in [0, 0.1) is 5.92 Å². The van der Waals surface area contributed by atoms with Crippen molar-refractivity contribution in [3.05, 3.63) is 118 Å². The molecule has 0 N–H and O–H groups in total. The van der Waals surface area contributed by atoms with E-state index in [1.54, 1.807) is 0 Å². The molecule has 3 aromatic carbocycles. The highest BCUT2D eigenvalue weighted by atomic mass is 127. The Morgan fingerprint density at radius 2 is 1.06 bits per heavy atom. The van der Waals surface area contributed by atoms with Crippen molar-refractivity contribution in [2.75, 3.05) is 0 Å². The molecule has 0 saturated heterocycles. The first-order valence-electron chi connectivity index (χ1n) is 12.0. The second-order valence-electron chi connectivity index (χ2n) is 8.79. The minimum Gasteiger partial charge on any atom is -0.353 e. The number of halogens is 1. The zero-order chi connectivity index (χ0) is 22.1. The van der Waals surface area contributed by atoms with Crippen molar-refractivity contribution in [3.63, 3.8) is 0 Å². The highest BCUT2D eigenvalue weighted by Gasteiger charge is 2.40. The van der Waals surface area contributed by atoms with E-state index < -0.39 is 5.60 Å². The van der Waals surface area contributed by atoms with Crippen molar-refractivity contribution in [2.24, 2.45) is 5.92 Å². The fourth-order valence-electron chi connectivity index (χ4n) is 5.11. The summed E-state index contributed by atoms with van der Waals surface area (Å²) in [5, 5.41) is 0. The smallest absolute Gasteiger partial charge is 0.144 e. The van der Waals surface area contributed by atoms with Crippen LogP contribution in [0.15, 0.2) is 101 Å². The third-order valence-corrected chi connectivity index (χ3v) is 7.15. The summed E-state index contributed by atoms with van der Waals surface area (Å²) in [6.07, 6.45) is 11.5. The van der Waals surface area contributed by atoms with E-state index in [0.717, 1.165) is 0 Å². The van der Waals surface area contributed by atoms with Crippen molar-refractivity contribution < 1.29 is 4.74 Å². The molecule has 1 fully saturated rings. The van der Waals surface area contributed by atoms with Crippen LogP contribution in [0.25, 0.3) is 0 Å². The first-order chi connectivity index (χ1) is 15.8. The maximum absolute atomic E-state index is 7.38. The van der Waals surface area contributed by atoms with Crippen LogP contribution in [-0.4, -0.2) is 6.10 Å². The molecule has 1 aliphatic carbocycles. The average Bonchev–Trinajstić information content (AvgIpc) is 2.84. The van der Waals surface area contributed by atoms with Crippen molar-refractivity contribution >= 4 is 22.6 Å². The van der Waals surface area contributed by atoms with Gasteiger partial charge in [0.1, 0.15) is 5.60 Å². The average molecular weight is 536 g/mol. The predicted octanol–water partition coefficient (Wildman–Crippen LogP) is 8.67. The molecule has 4 rings (SSSR count). The molecular weight excluding hydrogens is 503 g/mol. The highest BCUT2D eigenvalue weighted by Crippen LogP contribution is 2.43. The Bertz CT molecular complexity index is 847. The van der Waals surface area contributed by atoms with Crippen LogP contribution in [0.1, 0.15) is 61.6 Å². The van der Waals surface area contributed by atoms with Gasteiger partial charge in [-0.05, 0) is 45.6 Å². The summed E-state index contributed by atoms with van der Waals surface area (Å²) < 4.78 is 9.53. The van der Waals surface area contributed by atoms with E-state index in [1.807, 2.05) is 0 Å². The van der Waals surface area contributed by atoms with Crippen molar-refractivity contribution in [2.45, 2.75) is 56.7 Å². The van der Waals surface area contributed by atoms with Gasteiger partial charge in [0.2, 0.25) is 0 Å². The Hall–Kier alpha value is -1.91. The molecule has 1 unspecified atom stereocenters. The molecule has 1 aliphatic rings. The van der Waals surface area contributed by atoms with Gasteiger partial charge in [-0.1, -0.05) is 146 Å². The summed E-state index contributed by atoms with van der Waals surface area (Å²) in [5.41, 5.74) is 2.87. The minimum absolute atomic E-state index is 0.0608. The Kier molecular flexibility index (Phi) is 8.58. The van der Waals surface area contributed by atoms with Gasteiger partial charge in [-0.2, -0.15) is 0 Å². The van der Waals surface area contributed by atoms with Gasteiger partial charge in [0, 0.05) is 0 Å². The van der Waals surface area contributed by atoms with Crippen LogP contribution in [0.4, 0.5) is 0 Å². The Labute approximate surface area is 207 Å². The van der Waals surface area contributed by atoms with E-state index in [-0.39, 0.29) is 6.10 Å². The first-order valence-corrected chi connectivity index (χ1v) is 13.2. The molecule has 0 amide bonds. The molecule has 0 aliphatic heterocycles. The quantitative estimate of drug-likeness (QED) is 0.217. The molecule has 1 nitrogen and oxygen atoms in total. The topological polar surface area (TPSA) is 9.23 Å². The Balaban J connectivity index is 1.86. The SMILES string of the molecule is IC=CC(OC(c1ccccc1)(c1ccccc1)c1ccccc1)C1CCCCCCC1. The van der Waals surface area contributed by atoms with Crippen LogP contribution in [0.2, 0.25) is 0 Å². The maximum Gasteiger partial charge on any atom is 0.144 e. The van der Waals surface area contributed by atoms with Gasteiger partial charge in [0.15, 0.2) is 0 Å². The molecule has 0 heterocycles. The molecular formula is C30H33IO. The number of hydrogen-bond donors (Lipinski definition) is 0. The fourth-order valence-corrected chi connectivity index (χ4v) is 5.52. The normalized spacial score (nSPS) is 17.0. The zero-order valence-corrected chi connectivity index (χ0v) is 20.9.